The lowest BCUT2D eigenvalue weighted by Gasteiger charge is -2.11. The average molecular weight is 381 g/mol. The number of anilines is 1. The third-order valence-electron chi connectivity index (χ3n) is 4.66. The van der Waals surface area contributed by atoms with E-state index in [1.54, 1.807) is 44.2 Å². The second-order valence-corrected chi connectivity index (χ2v) is 6.70. The minimum Gasteiger partial charge on any atom is -0.427 e. The summed E-state index contributed by atoms with van der Waals surface area (Å²) in [7, 11) is 0. The highest BCUT2D eigenvalue weighted by molar-refractivity contribution is 6.06. The first-order valence-corrected chi connectivity index (χ1v) is 8.96. The fourth-order valence-electron chi connectivity index (χ4n) is 3.24. The standard InChI is InChI=1S/C20H19N3O5/c1-11-9-16(13-7-8-26-10-13)27-20(25)17(11)18(24)22-15-6-4-3-5-14(15)19-21-12(2)23-28-19/h3-6,9,13H,7-8,10H2,1-2H3,(H,22,24). The van der Waals surface area contributed by atoms with Crippen LogP contribution in [0.25, 0.3) is 11.5 Å². The van der Waals surface area contributed by atoms with Gasteiger partial charge in [0.2, 0.25) is 0 Å². The van der Waals surface area contributed by atoms with Gasteiger partial charge in [0.05, 0.1) is 17.9 Å². The summed E-state index contributed by atoms with van der Waals surface area (Å²) < 4.78 is 16.0. The first kappa shape index (κ1) is 18.1. The van der Waals surface area contributed by atoms with Gasteiger partial charge in [-0.3, -0.25) is 4.79 Å². The van der Waals surface area contributed by atoms with Crippen LogP contribution in [0.3, 0.4) is 0 Å². The molecule has 4 rings (SSSR count). The Hall–Kier alpha value is -3.26. The Morgan fingerprint density at radius 3 is 2.75 bits per heavy atom. The topological polar surface area (TPSA) is 107 Å². The Bertz CT molecular complexity index is 1080. The molecule has 1 fully saturated rings. The first-order valence-electron chi connectivity index (χ1n) is 8.96. The van der Waals surface area contributed by atoms with Gasteiger partial charge in [-0.2, -0.15) is 4.98 Å². The lowest BCUT2D eigenvalue weighted by Crippen LogP contribution is -2.23. The number of amides is 1. The van der Waals surface area contributed by atoms with Crippen molar-refractivity contribution in [3.63, 3.8) is 0 Å². The van der Waals surface area contributed by atoms with Crippen LogP contribution >= 0.6 is 0 Å². The van der Waals surface area contributed by atoms with Crippen molar-refractivity contribution in [3.05, 3.63) is 63.5 Å². The monoisotopic (exact) mass is 381 g/mol. The molecule has 1 unspecified atom stereocenters. The molecule has 2 aromatic heterocycles. The maximum absolute atomic E-state index is 12.8. The Morgan fingerprint density at radius 2 is 2.07 bits per heavy atom. The quantitative estimate of drug-likeness (QED) is 0.740. The molecule has 1 N–H and O–H groups in total. The fraction of sp³-hybridized carbons (Fsp3) is 0.300. The Balaban J connectivity index is 1.64. The van der Waals surface area contributed by atoms with Gasteiger partial charge in [0.1, 0.15) is 11.3 Å². The summed E-state index contributed by atoms with van der Waals surface area (Å²) in [5.74, 6) is 0.820. The molecular weight excluding hydrogens is 362 g/mol. The van der Waals surface area contributed by atoms with Crippen molar-refractivity contribution < 1.29 is 18.5 Å². The molecule has 1 aromatic carbocycles. The van der Waals surface area contributed by atoms with Crippen LogP contribution in [0.2, 0.25) is 0 Å². The van der Waals surface area contributed by atoms with E-state index in [-0.39, 0.29) is 17.4 Å². The highest BCUT2D eigenvalue weighted by atomic mass is 16.5. The van der Waals surface area contributed by atoms with Crippen molar-refractivity contribution in [1.29, 1.82) is 0 Å². The molecule has 1 aliphatic heterocycles. The van der Waals surface area contributed by atoms with Crippen molar-refractivity contribution in [2.75, 3.05) is 18.5 Å². The predicted molar refractivity (Wildman–Crippen MR) is 100 cm³/mol. The zero-order chi connectivity index (χ0) is 19.7. The van der Waals surface area contributed by atoms with Gasteiger partial charge in [0.25, 0.3) is 11.8 Å². The van der Waals surface area contributed by atoms with Gasteiger partial charge in [0.15, 0.2) is 5.82 Å². The average Bonchev–Trinajstić information content (AvgIpc) is 3.33. The van der Waals surface area contributed by atoms with E-state index in [2.05, 4.69) is 15.5 Å². The molecule has 3 heterocycles. The molecule has 1 saturated heterocycles. The Kier molecular flexibility index (Phi) is 4.79. The maximum atomic E-state index is 12.8. The van der Waals surface area contributed by atoms with E-state index in [9.17, 15) is 9.59 Å². The van der Waals surface area contributed by atoms with Gasteiger partial charge in [-0.15, -0.1) is 0 Å². The fourth-order valence-corrected chi connectivity index (χ4v) is 3.24. The third kappa shape index (κ3) is 3.46. The van der Waals surface area contributed by atoms with E-state index in [1.807, 2.05) is 0 Å². The Morgan fingerprint density at radius 1 is 1.25 bits per heavy atom. The molecule has 8 nitrogen and oxygen atoms in total. The second-order valence-electron chi connectivity index (χ2n) is 6.70. The Labute approximate surface area is 160 Å². The number of rotatable bonds is 4. The third-order valence-corrected chi connectivity index (χ3v) is 4.66. The number of benzene rings is 1. The highest BCUT2D eigenvalue weighted by Crippen LogP contribution is 2.28. The SMILES string of the molecule is Cc1noc(-c2ccccc2NC(=O)c2c(C)cc(C3CCOC3)oc2=O)n1. The van der Waals surface area contributed by atoms with Crippen LogP contribution in [0, 0.1) is 13.8 Å². The number of carbonyl (C=O) groups excluding carboxylic acids is 1. The first-order chi connectivity index (χ1) is 13.5. The highest BCUT2D eigenvalue weighted by Gasteiger charge is 2.24. The number of nitrogens with one attached hydrogen (secondary N) is 1. The summed E-state index contributed by atoms with van der Waals surface area (Å²) in [4.78, 5) is 29.5. The van der Waals surface area contributed by atoms with Gasteiger partial charge in [-0.1, -0.05) is 17.3 Å². The molecule has 28 heavy (non-hydrogen) atoms. The van der Waals surface area contributed by atoms with Crippen molar-refractivity contribution in [3.8, 4) is 11.5 Å². The smallest absolute Gasteiger partial charge is 0.349 e. The van der Waals surface area contributed by atoms with E-state index in [4.69, 9.17) is 13.7 Å². The van der Waals surface area contributed by atoms with Gasteiger partial charge in [0, 0.05) is 12.5 Å². The second kappa shape index (κ2) is 7.40. The summed E-state index contributed by atoms with van der Waals surface area (Å²) >= 11 is 0. The van der Waals surface area contributed by atoms with E-state index in [0.29, 0.717) is 41.6 Å². The van der Waals surface area contributed by atoms with Gasteiger partial charge in [-0.05, 0) is 44.0 Å². The number of carbonyl (C=O) groups is 1. The summed E-state index contributed by atoms with van der Waals surface area (Å²) in [6.45, 7) is 4.59. The molecule has 1 atom stereocenters. The summed E-state index contributed by atoms with van der Waals surface area (Å²) in [5.41, 5.74) is 0.896. The van der Waals surface area contributed by atoms with E-state index in [0.717, 1.165) is 6.42 Å². The molecule has 0 bridgehead atoms. The van der Waals surface area contributed by atoms with Crippen LogP contribution in [0.15, 0.2) is 44.1 Å². The van der Waals surface area contributed by atoms with Crippen LogP contribution < -0.4 is 10.9 Å². The van der Waals surface area contributed by atoms with E-state index >= 15 is 0 Å². The number of aryl methyl sites for hydroxylation is 2. The number of aromatic nitrogens is 2. The summed E-state index contributed by atoms with van der Waals surface area (Å²) in [5, 5.41) is 6.53. The lowest BCUT2D eigenvalue weighted by molar-refractivity contribution is 0.102. The van der Waals surface area contributed by atoms with Crippen LogP contribution in [-0.2, 0) is 4.74 Å². The van der Waals surface area contributed by atoms with Crippen LogP contribution in [-0.4, -0.2) is 29.3 Å². The zero-order valence-electron chi connectivity index (χ0n) is 15.5. The van der Waals surface area contributed by atoms with E-state index < -0.39 is 11.5 Å². The normalized spacial score (nSPS) is 16.3. The number of ether oxygens (including phenoxy) is 1. The molecule has 0 saturated carbocycles. The zero-order valence-corrected chi connectivity index (χ0v) is 15.5. The largest absolute Gasteiger partial charge is 0.427 e. The molecule has 1 aliphatic rings. The molecule has 0 radical (unpaired) electrons. The van der Waals surface area contributed by atoms with Crippen LogP contribution in [0.4, 0.5) is 5.69 Å². The molecule has 8 heteroatoms. The summed E-state index contributed by atoms with van der Waals surface area (Å²) in [6, 6.07) is 8.75. The maximum Gasteiger partial charge on any atom is 0.349 e. The molecule has 0 spiro atoms. The molecule has 0 aliphatic carbocycles. The number of hydrogen-bond acceptors (Lipinski definition) is 7. The van der Waals surface area contributed by atoms with Gasteiger partial charge < -0.3 is 19.0 Å². The van der Waals surface area contributed by atoms with Crippen molar-refractivity contribution in [2.24, 2.45) is 0 Å². The number of para-hydroxylation sites is 1. The van der Waals surface area contributed by atoms with Crippen molar-refractivity contribution >= 4 is 11.6 Å². The number of nitrogens with zero attached hydrogens (tertiary/aromatic N) is 2. The molecule has 1 amide bonds. The lowest BCUT2D eigenvalue weighted by atomic mass is 10.0. The van der Waals surface area contributed by atoms with Crippen molar-refractivity contribution in [2.45, 2.75) is 26.2 Å². The van der Waals surface area contributed by atoms with Gasteiger partial charge in [-0.25, -0.2) is 4.79 Å². The summed E-state index contributed by atoms with van der Waals surface area (Å²) in [6.07, 6.45) is 0.797. The van der Waals surface area contributed by atoms with Crippen LogP contribution in [0.5, 0.6) is 0 Å². The van der Waals surface area contributed by atoms with Crippen molar-refractivity contribution in [1.82, 2.24) is 10.1 Å². The minimum absolute atomic E-state index is 0.0285. The molecule has 3 aromatic rings. The molecule has 144 valence electrons. The number of hydrogen-bond donors (Lipinski definition) is 1. The van der Waals surface area contributed by atoms with E-state index in [1.165, 1.54) is 0 Å². The predicted octanol–water partition coefficient (Wildman–Crippen LogP) is 3.06. The molecular formula is C20H19N3O5. The minimum atomic E-state index is -0.662. The van der Waals surface area contributed by atoms with Crippen LogP contribution in [0.1, 0.15) is 39.8 Å². The van der Waals surface area contributed by atoms with Gasteiger partial charge >= 0.3 is 5.63 Å².